The molecule has 0 spiro atoms. The van der Waals surface area contributed by atoms with Gasteiger partial charge in [0.2, 0.25) is 10.0 Å². The summed E-state index contributed by atoms with van der Waals surface area (Å²) in [5, 5.41) is 0.626. The minimum atomic E-state index is -3.47. The molecule has 0 bridgehead atoms. The van der Waals surface area contributed by atoms with Gasteiger partial charge in [0, 0.05) is 13.0 Å². The summed E-state index contributed by atoms with van der Waals surface area (Å²) >= 11 is 11.7. The molecule has 1 saturated heterocycles. The number of halogens is 2. The number of nitrogens with one attached hydrogen (secondary N) is 1. The lowest BCUT2D eigenvalue weighted by atomic mass is 10.4. The van der Waals surface area contributed by atoms with Gasteiger partial charge in [-0.2, -0.15) is 4.31 Å². The van der Waals surface area contributed by atoms with Gasteiger partial charge in [0.1, 0.15) is 0 Å². The summed E-state index contributed by atoms with van der Waals surface area (Å²) in [5.74, 6) is 0. The van der Waals surface area contributed by atoms with Crippen molar-refractivity contribution in [1.29, 1.82) is 0 Å². The minimum absolute atomic E-state index is 0.210. The lowest BCUT2D eigenvalue weighted by Gasteiger charge is -2.19. The first-order valence-corrected chi connectivity index (χ1v) is 8.37. The summed E-state index contributed by atoms with van der Waals surface area (Å²) in [5.41, 5.74) is 0. The average molecular weight is 324 g/mol. The zero-order valence-corrected chi connectivity index (χ0v) is 13.0. The molecule has 1 atom stereocenters. The van der Waals surface area contributed by atoms with Crippen molar-refractivity contribution in [3.05, 3.63) is 28.2 Å². The molecule has 1 heterocycles. The Morgan fingerprint density at radius 2 is 1.89 bits per heavy atom. The molecule has 1 aromatic carbocycles. The van der Waals surface area contributed by atoms with Crippen LogP contribution in [0.25, 0.3) is 0 Å². The molecule has 0 saturated carbocycles. The van der Waals surface area contributed by atoms with Crippen molar-refractivity contribution >= 4 is 33.2 Å². The quantitative estimate of drug-likeness (QED) is 0.878. The van der Waals surface area contributed by atoms with E-state index in [0.717, 1.165) is 19.5 Å². The van der Waals surface area contributed by atoms with Gasteiger partial charge in [-0.3, -0.25) is 0 Å². The van der Waals surface area contributed by atoms with E-state index >= 15 is 0 Å². The molecule has 0 aromatic heterocycles. The Balaban J connectivity index is 2.28. The standard InChI is InChI=1S/C12H16Cl2N2O2S/c1-15-5-2-6-16(8-7-15)19(17,18)10-3-4-11(13)12(14)9-10/h3-4,9H,2,5-8H2,1H3/p+1. The monoisotopic (exact) mass is 323 g/mol. The first kappa shape index (κ1) is 15.1. The van der Waals surface area contributed by atoms with Gasteiger partial charge >= 0.3 is 0 Å². The van der Waals surface area contributed by atoms with Crippen LogP contribution in [0.15, 0.2) is 23.1 Å². The van der Waals surface area contributed by atoms with E-state index in [9.17, 15) is 8.42 Å². The maximum absolute atomic E-state index is 12.5. The Kier molecular flexibility index (Phi) is 4.74. The van der Waals surface area contributed by atoms with E-state index in [1.807, 2.05) is 0 Å². The Morgan fingerprint density at radius 1 is 1.16 bits per heavy atom. The van der Waals surface area contributed by atoms with E-state index < -0.39 is 10.0 Å². The molecule has 1 fully saturated rings. The van der Waals surface area contributed by atoms with Gasteiger partial charge in [0.15, 0.2) is 0 Å². The summed E-state index contributed by atoms with van der Waals surface area (Å²) in [4.78, 5) is 1.56. The van der Waals surface area contributed by atoms with Gasteiger partial charge in [-0.05, 0) is 18.2 Å². The second-order valence-electron chi connectivity index (χ2n) is 4.79. The number of likely N-dealkylation sites (N-methyl/N-ethyl adjacent to an activating group) is 1. The molecular formula is C12H17Cl2N2O2S+. The van der Waals surface area contributed by atoms with Crippen LogP contribution in [0.5, 0.6) is 0 Å². The van der Waals surface area contributed by atoms with Crippen LogP contribution in [0.2, 0.25) is 10.0 Å². The highest BCUT2D eigenvalue weighted by Crippen LogP contribution is 2.26. The number of benzene rings is 1. The zero-order valence-electron chi connectivity index (χ0n) is 10.7. The number of quaternary nitrogens is 1. The van der Waals surface area contributed by atoms with Crippen molar-refractivity contribution in [2.24, 2.45) is 0 Å². The van der Waals surface area contributed by atoms with E-state index in [4.69, 9.17) is 23.2 Å². The average Bonchev–Trinajstić information content (AvgIpc) is 2.57. The van der Waals surface area contributed by atoms with Gasteiger partial charge in [0.05, 0.1) is 41.6 Å². The summed E-state index contributed by atoms with van der Waals surface area (Å²) < 4.78 is 26.6. The van der Waals surface area contributed by atoms with E-state index in [0.29, 0.717) is 18.1 Å². The third kappa shape index (κ3) is 3.41. The predicted octanol–water partition coefficient (Wildman–Crippen LogP) is 0.903. The maximum Gasteiger partial charge on any atom is 0.243 e. The summed E-state index contributed by atoms with van der Waals surface area (Å²) in [6.07, 6.45) is 0.867. The first-order valence-electron chi connectivity index (χ1n) is 6.18. The van der Waals surface area contributed by atoms with Gasteiger partial charge in [-0.1, -0.05) is 23.2 Å². The zero-order chi connectivity index (χ0) is 14.0. The SMILES string of the molecule is C[NH+]1CCCN(S(=O)(=O)c2ccc(Cl)c(Cl)c2)CC1. The fourth-order valence-corrected chi connectivity index (χ4v) is 4.01. The Labute approximate surface area is 124 Å². The molecule has 0 radical (unpaired) electrons. The molecule has 2 rings (SSSR count). The van der Waals surface area contributed by atoms with Crippen molar-refractivity contribution in [2.45, 2.75) is 11.3 Å². The molecule has 4 nitrogen and oxygen atoms in total. The Morgan fingerprint density at radius 3 is 2.58 bits per heavy atom. The highest BCUT2D eigenvalue weighted by Gasteiger charge is 2.27. The molecule has 1 aromatic rings. The second-order valence-corrected chi connectivity index (χ2v) is 7.54. The van der Waals surface area contributed by atoms with Crippen LogP contribution in [-0.2, 0) is 10.0 Å². The van der Waals surface area contributed by atoms with Gasteiger partial charge in [0.25, 0.3) is 0 Å². The number of rotatable bonds is 2. The predicted molar refractivity (Wildman–Crippen MR) is 76.5 cm³/mol. The topological polar surface area (TPSA) is 41.8 Å². The molecule has 19 heavy (non-hydrogen) atoms. The molecule has 1 aliphatic rings. The van der Waals surface area contributed by atoms with E-state index in [2.05, 4.69) is 7.05 Å². The molecular weight excluding hydrogens is 307 g/mol. The normalized spacial score (nSPS) is 22.2. The van der Waals surface area contributed by atoms with Crippen molar-refractivity contribution in [3.63, 3.8) is 0 Å². The molecule has 0 aliphatic carbocycles. The van der Waals surface area contributed by atoms with Crippen LogP contribution in [0, 0.1) is 0 Å². The maximum atomic E-state index is 12.5. The molecule has 0 amide bonds. The van der Waals surface area contributed by atoms with Crippen LogP contribution >= 0.6 is 23.2 Å². The van der Waals surface area contributed by atoms with Crippen LogP contribution in [0.3, 0.4) is 0 Å². The van der Waals surface area contributed by atoms with E-state index in [1.54, 1.807) is 0 Å². The molecule has 1 unspecified atom stereocenters. The minimum Gasteiger partial charge on any atom is -0.336 e. The fourth-order valence-electron chi connectivity index (χ4n) is 2.14. The smallest absolute Gasteiger partial charge is 0.243 e. The second kappa shape index (κ2) is 5.97. The molecule has 1 aliphatic heterocycles. The highest BCUT2D eigenvalue weighted by molar-refractivity contribution is 7.89. The van der Waals surface area contributed by atoms with Crippen LogP contribution < -0.4 is 4.90 Å². The van der Waals surface area contributed by atoms with Crippen LogP contribution in [0.1, 0.15) is 6.42 Å². The van der Waals surface area contributed by atoms with E-state index in [1.165, 1.54) is 27.4 Å². The van der Waals surface area contributed by atoms with Crippen LogP contribution in [-0.4, -0.2) is 45.9 Å². The third-order valence-electron chi connectivity index (χ3n) is 3.33. The first-order chi connectivity index (χ1) is 8.91. The van der Waals surface area contributed by atoms with Gasteiger partial charge in [-0.25, -0.2) is 8.42 Å². The lowest BCUT2D eigenvalue weighted by Crippen LogP contribution is -3.09. The summed E-state index contributed by atoms with van der Waals surface area (Å²) in [7, 11) is -1.39. The Hall–Kier alpha value is -0.330. The summed E-state index contributed by atoms with van der Waals surface area (Å²) in [6.45, 7) is 2.91. The van der Waals surface area contributed by atoms with Crippen molar-refractivity contribution < 1.29 is 13.3 Å². The fraction of sp³-hybridized carbons (Fsp3) is 0.500. The summed E-state index contributed by atoms with van der Waals surface area (Å²) in [6, 6.07) is 4.44. The van der Waals surface area contributed by atoms with Crippen molar-refractivity contribution in [2.75, 3.05) is 33.2 Å². The number of hydrogen-bond donors (Lipinski definition) is 1. The van der Waals surface area contributed by atoms with Gasteiger partial charge in [-0.15, -0.1) is 0 Å². The molecule has 7 heteroatoms. The number of sulfonamides is 1. The largest absolute Gasteiger partial charge is 0.336 e. The van der Waals surface area contributed by atoms with E-state index in [-0.39, 0.29) is 9.92 Å². The van der Waals surface area contributed by atoms with Crippen LogP contribution in [0.4, 0.5) is 0 Å². The Bertz CT molecular complexity index is 563. The highest BCUT2D eigenvalue weighted by atomic mass is 35.5. The lowest BCUT2D eigenvalue weighted by molar-refractivity contribution is -0.877. The number of nitrogens with zero attached hydrogens (tertiary/aromatic N) is 1. The van der Waals surface area contributed by atoms with Crippen molar-refractivity contribution in [3.8, 4) is 0 Å². The number of hydrogen-bond acceptors (Lipinski definition) is 2. The molecule has 1 N–H and O–H groups in total. The molecule has 106 valence electrons. The van der Waals surface area contributed by atoms with Gasteiger partial charge < -0.3 is 4.90 Å². The third-order valence-corrected chi connectivity index (χ3v) is 5.96. The van der Waals surface area contributed by atoms with Crippen molar-refractivity contribution in [1.82, 2.24) is 4.31 Å².